The Morgan fingerprint density at radius 2 is 2.40 bits per heavy atom. The first-order valence-corrected chi connectivity index (χ1v) is 7.03. The summed E-state index contributed by atoms with van der Waals surface area (Å²) in [4.78, 5) is 12.0. The molecule has 0 saturated carbocycles. The third-order valence-corrected chi connectivity index (χ3v) is 3.91. The molecule has 0 aromatic carbocycles. The summed E-state index contributed by atoms with van der Waals surface area (Å²) in [5, 5.41) is 15.2. The predicted octanol–water partition coefficient (Wildman–Crippen LogP) is 2.16. The Balaban J connectivity index is 0.00000147. The van der Waals surface area contributed by atoms with Crippen molar-refractivity contribution in [2.24, 2.45) is 5.92 Å². The summed E-state index contributed by atoms with van der Waals surface area (Å²) in [5.41, 5.74) is 0. The van der Waals surface area contributed by atoms with E-state index in [0.29, 0.717) is 15.9 Å². The summed E-state index contributed by atoms with van der Waals surface area (Å²) in [6.07, 6.45) is 3.54. The Kier molecular flexibility index (Phi) is 5.11. The highest BCUT2D eigenvalue weighted by Gasteiger charge is 2.22. The monoisotopic (exact) mass is 314 g/mol. The summed E-state index contributed by atoms with van der Waals surface area (Å²) < 4.78 is 5.24. The largest absolute Gasteiger partial charge is 0.462 e. The van der Waals surface area contributed by atoms with Crippen LogP contribution in [0.25, 0.3) is 10.8 Å². The number of hydrogen-bond acceptors (Lipinski definition) is 6. The fourth-order valence-corrected chi connectivity index (χ4v) is 2.77. The first-order valence-electron chi connectivity index (χ1n) is 6.22. The normalized spacial score (nSPS) is 18.3. The highest BCUT2D eigenvalue weighted by atomic mass is 35.5. The van der Waals surface area contributed by atoms with Crippen molar-refractivity contribution in [3.05, 3.63) is 18.4 Å². The Labute approximate surface area is 126 Å². The van der Waals surface area contributed by atoms with Crippen LogP contribution in [-0.4, -0.2) is 29.2 Å². The van der Waals surface area contributed by atoms with Crippen LogP contribution in [0.5, 0.6) is 0 Å². The van der Waals surface area contributed by atoms with Crippen molar-refractivity contribution in [1.82, 2.24) is 15.5 Å². The summed E-state index contributed by atoms with van der Waals surface area (Å²) in [6.45, 7) is 1.72. The van der Waals surface area contributed by atoms with E-state index in [4.69, 9.17) is 4.42 Å². The Morgan fingerprint density at radius 1 is 1.50 bits per heavy atom. The lowest BCUT2D eigenvalue weighted by molar-refractivity contribution is -0.120. The van der Waals surface area contributed by atoms with E-state index in [9.17, 15) is 4.79 Å². The summed E-state index contributed by atoms with van der Waals surface area (Å²) in [7, 11) is 0. The van der Waals surface area contributed by atoms with Crippen LogP contribution in [0.4, 0.5) is 5.13 Å². The molecular weight excluding hydrogens is 300 g/mol. The van der Waals surface area contributed by atoms with Gasteiger partial charge in [0.05, 0.1) is 12.2 Å². The van der Waals surface area contributed by atoms with Crippen LogP contribution in [0, 0.1) is 5.92 Å². The molecule has 1 atom stereocenters. The first-order chi connectivity index (χ1) is 9.33. The van der Waals surface area contributed by atoms with Gasteiger partial charge >= 0.3 is 0 Å². The van der Waals surface area contributed by atoms with Gasteiger partial charge in [0.15, 0.2) is 10.8 Å². The van der Waals surface area contributed by atoms with Crippen molar-refractivity contribution in [1.29, 1.82) is 0 Å². The number of furan rings is 1. The maximum absolute atomic E-state index is 12.0. The fourth-order valence-electron chi connectivity index (χ4n) is 2.06. The lowest BCUT2D eigenvalue weighted by Crippen LogP contribution is -2.37. The second kappa shape index (κ2) is 6.83. The third-order valence-electron chi connectivity index (χ3n) is 3.05. The number of nitrogens with one attached hydrogen (secondary N) is 2. The molecule has 2 N–H and O–H groups in total. The second-order valence-electron chi connectivity index (χ2n) is 4.42. The molecule has 1 aliphatic rings. The number of aromatic nitrogens is 2. The molecule has 1 aliphatic heterocycles. The number of carbonyl (C=O) groups is 1. The standard InChI is InChI=1S/C12H14N4O2S.ClH/c17-10(8-3-1-5-13-7-8)14-12-16-15-11(19-12)9-4-2-6-18-9;/h2,4,6,8,13H,1,3,5,7H2,(H,14,16,17);1H. The molecule has 2 aromatic rings. The van der Waals surface area contributed by atoms with E-state index in [1.807, 2.05) is 6.07 Å². The van der Waals surface area contributed by atoms with E-state index >= 15 is 0 Å². The molecule has 8 heteroatoms. The number of halogens is 1. The molecule has 1 saturated heterocycles. The zero-order valence-electron chi connectivity index (χ0n) is 10.7. The van der Waals surface area contributed by atoms with E-state index in [2.05, 4.69) is 20.8 Å². The molecule has 20 heavy (non-hydrogen) atoms. The van der Waals surface area contributed by atoms with Gasteiger partial charge in [0.1, 0.15) is 0 Å². The summed E-state index contributed by atoms with van der Waals surface area (Å²) in [6, 6.07) is 3.61. The molecule has 0 aliphatic carbocycles. The molecule has 0 radical (unpaired) electrons. The minimum atomic E-state index is 0. The van der Waals surface area contributed by atoms with Crippen molar-refractivity contribution in [3.8, 4) is 10.8 Å². The van der Waals surface area contributed by atoms with Crippen molar-refractivity contribution < 1.29 is 9.21 Å². The second-order valence-corrected chi connectivity index (χ2v) is 5.40. The van der Waals surface area contributed by atoms with E-state index in [1.165, 1.54) is 11.3 Å². The molecule has 0 bridgehead atoms. The Hall–Kier alpha value is -1.44. The SMILES string of the molecule is Cl.O=C(Nc1nnc(-c2ccco2)s1)C1CCCNC1. The molecule has 1 fully saturated rings. The van der Waals surface area contributed by atoms with Gasteiger partial charge in [-0.1, -0.05) is 11.3 Å². The number of amides is 1. The Bertz CT molecular complexity index is 552. The van der Waals surface area contributed by atoms with Crippen LogP contribution >= 0.6 is 23.7 Å². The maximum atomic E-state index is 12.0. The van der Waals surface area contributed by atoms with Gasteiger partial charge in [-0.3, -0.25) is 4.79 Å². The van der Waals surface area contributed by atoms with Gasteiger partial charge in [0, 0.05) is 6.54 Å². The van der Waals surface area contributed by atoms with Crippen LogP contribution in [0.15, 0.2) is 22.8 Å². The van der Waals surface area contributed by atoms with Crippen LogP contribution in [0.2, 0.25) is 0 Å². The average molecular weight is 315 g/mol. The maximum Gasteiger partial charge on any atom is 0.230 e. The van der Waals surface area contributed by atoms with E-state index < -0.39 is 0 Å². The van der Waals surface area contributed by atoms with Gasteiger partial charge < -0.3 is 15.1 Å². The zero-order chi connectivity index (χ0) is 13.1. The molecule has 108 valence electrons. The van der Waals surface area contributed by atoms with Crippen molar-refractivity contribution in [2.45, 2.75) is 12.8 Å². The Morgan fingerprint density at radius 3 is 3.10 bits per heavy atom. The lowest BCUT2D eigenvalue weighted by atomic mass is 9.99. The average Bonchev–Trinajstić information content (AvgIpc) is 3.10. The minimum Gasteiger partial charge on any atom is -0.462 e. The molecule has 3 rings (SSSR count). The molecule has 1 amide bonds. The topological polar surface area (TPSA) is 80.1 Å². The molecular formula is C12H15ClN4O2S. The van der Waals surface area contributed by atoms with Crippen LogP contribution < -0.4 is 10.6 Å². The highest BCUT2D eigenvalue weighted by Crippen LogP contribution is 2.27. The smallest absolute Gasteiger partial charge is 0.230 e. The number of nitrogens with zero attached hydrogens (tertiary/aromatic N) is 2. The zero-order valence-corrected chi connectivity index (χ0v) is 12.3. The number of piperidine rings is 1. The van der Waals surface area contributed by atoms with Gasteiger partial charge in [-0.15, -0.1) is 22.6 Å². The van der Waals surface area contributed by atoms with Gasteiger partial charge in [-0.2, -0.15) is 0 Å². The predicted molar refractivity (Wildman–Crippen MR) is 79.1 cm³/mol. The quantitative estimate of drug-likeness (QED) is 0.907. The lowest BCUT2D eigenvalue weighted by Gasteiger charge is -2.20. The number of rotatable bonds is 3. The van der Waals surface area contributed by atoms with Gasteiger partial charge in [-0.05, 0) is 31.5 Å². The fraction of sp³-hybridized carbons (Fsp3) is 0.417. The van der Waals surface area contributed by atoms with Gasteiger partial charge in [0.25, 0.3) is 0 Å². The third kappa shape index (κ3) is 3.36. The van der Waals surface area contributed by atoms with Crippen LogP contribution in [0.1, 0.15) is 12.8 Å². The van der Waals surface area contributed by atoms with E-state index in [1.54, 1.807) is 12.3 Å². The van der Waals surface area contributed by atoms with E-state index in [-0.39, 0.29) is 24.2 Å². The van der Waals surface area contributed by atoms with E-state index in [0.717, 1.165) is 25.9 Å². The van der Waals surface area contributed by atoms with Crippen molar-refractivity contribution in [3.63, 3.8) is 0 Å². The molecule has 3 heterocycles. The van der Waals surface area contributed by atoms with Crippen molar-refractivity contribution >= 4 is 34.8 Å². The van der Waals surface area contributed by atoms with Crippen LogP contribution in [0.3, 0.4) is 0 Å². The molecule has 6 nitrogen and oxygen atoms in total. The van der Waals surface area contributed by atoms with Crippen molar-refractivity contribution in [2.75, 3.05) is 18.4 Å². The van der Waals surface area contributed by atoms with Crippen LogP contribution in [-0.2, 0) is 4.79 Å². The van der Waals surface area contributed by atoms with Gasteiger partial charge in [0.2, 0.25) is 11.0 Å². The highest BCUT2D eigenvalue weighted by molar-refractivity contribution is 7.18. The molecule has 0 spiro atoms. The molecule has 1 unspecified atom stereocenters. The first kappa shape index (κ1) is 15.0. The minimum absolute atomic E-state index is 0. The van der Waals surface area contributed by atoms with Gasteiger partial charge in [-0.25, -0.2) is 0 Å². The molecule has 2 aromatic heterocycles. The number of carbonyl (C=O) groups excluding carboxylic acids is 1. The summed E-state index contributed by atoms with van der Waals surface area (Å²) >= 11 is 1.31. The number of anilines is 1. The summed E-state index contributed by atoms with van der Waals surface area (Å²) in [5.74, 6) is 0.691. The number of hydrogen-bond donors (Lipinski definition) is 2.